The van der Waals surface area contributed by atoms with Gasteiger partial charge < -0.3 is 14.4 Å². The highest BCUT2D eigenvalue weighted by Gasteiger charge is 2.43. The number of rotatable bonds is 2. The molecule has 1 unspecified atom stereocenters. The number of nitrogens with zero attached hydrogens (tertiary/aromatic N) is 2. The minimum absolute atomic E-state index is 0.0467. The summed E-state index contributed by atoms with van der Waals surface area (Å²) in [4.78, 5) is 18.5. The van der Waals surface area contributed by atoms with Crippen LogP contribution >= 0.6 is 11.3 Å². The molecule has 0 aromatic carbocycles. The molecule has 0 saturated carbocycles. The molecule has 1 aromatic heterocycles. The lowest BCUT2D eigenvalue weighted by atomic mass is 9.88. The molecule has 2 fully saturated rings. The van der Waals surface area contributed by atoms with Gasteiger partial charge in [0.15, 0.2) is 0 Å². The van der Waals surface area contributed by atoms with Crippen molar-refractivity contribution in [2.24, 2.45) is 0 Å². The number of hydrogen-bond donors (Lipinski definition) is 0. The summed E-state index contributed by atoms with van der Waals surface area (Å²) in [6.07, 6.45) is 2.93. The van der Waals surface area contributed by atoms with Crippen molar-refractivity contribution >= 4 is 17.2 Å². The average Bonchev–Trinajstić information content (AvgIpc) is 3.06. The molecule has 1 atom stereocenters. The standard InChI is InChI=1S/C14H20N2O3S/c1-10-15-12(9-20-10)13(17)16-5-3-14(4-6-16)7-11(18-2)8-19-14/h9,11H,3-8H2,1-2H3. The first-order chi connectivity index (χ1) is 9.62. The van der Waals surface area contributed by atoms with Crippen LogP contribution in [0.2, 0.25) is 0 Å². The number of likely N-dealkylation sites (tertiary alicyclic amines) is 1. The van der Waals surface area contributed by atoms with E-state index in [4.69, 9.17) is 9.47 Å². The Hall–Kier alpha value is -0.980. The van der Waals surface area contributed by atoms with Gasteiger partial charge in [-0.1, -0.05) is 0 Å². The van der Waals surface area contributed by atoms with Gasteiger partial charge in [0.2, 0.25) is 0 Å². The van der Waals surface area contributed by atoms with E-state index in [9.17, 15) is 4.79 Å². The first-order valence-electron chi connectivity index (χ1n) is 7.00. The number of aryl methyl sites for hydroxylation is 1. The normalized spacial score (nSPS) is 25.3. The number of methoxy groups -OCH3 is 1. The fourth-order valence-electron chi connectivity index (χ4n) is 3.04. The summed E-state index contributed by atoms with van der Waals surface area (Å²) in [5, 5.41) is 2.78. The van der Waals surface area contributed by atoms with Crippen LogP contribution in [-0.4, -0.2) is 54.3 Å². The molecule has 6 heteroatoms. The van der Waals surface area contributed by atoms with Crippen LogP contribution in [0.15, 0.2) is 5.38 Å². The van der Waals surface area contributed by atoms with E-state index in [-0.39, 0.29) is 17.6 Å². The Morgan fingerprint density at radius 3 is 2.85 bits per heavy atom. The molecule has 1 aromatic rings. The second kappa shape index (κ2) is 5.42. The van der Waals surface area contributed by atoms with E-state index < -0.39 is 0 Å². The van der Waals surface area contributed by atoms with Crippen molar-refractivity contribution in [3.8, 4) is 0 Å². The number of aromatic nitrogens is 1. The van der Waals surface area contributed by atoms with Crippen molar-refractivity contribution < 1.29 is 14.3 Å². The van der Waals surface area contributed by atoms with Crippen LogP contribution < -0.4 is 0 Å². The lowest BCUT2D eigenvalue weighted by Crippen LogP contribution is -2.46. The van der Waals surface area contributed by atoms with Crippen LogP contribution in [0, 0.1) is 6.92 Å². The van der Waals surface area contributed by atoms with Crippen LogP contribution in [0.5, 0.6) is 0 Å². The summed E-state index contributed by atoms with van der Waals surface area (Å²) in [6, 6.07) is 0. The highest BCUT2D eigenvalue weighted by molar-refractivity contribution is 7.09. The van der Waals surface area contributed by atoms with Gasteiger partial charge >= 0.3 is 0 Å². The molecule has 110 valence electrons. The molecular formula is C14H20N2O3S. The number of hydrogen-bond acceptors (Lipinski definition) is 5. The predicted molar refractivity (Wildman–Crippen MR) is 76.1 cm³/mol. The van der Waals surface area contributed by atoms with Crippen molar-refractivity contribution in [3.05, 3.63) is 16.1 Å². The Balaban J connectivity index is 1.60. The fraction of sp³-hybridized carbons (Fsp3) is 0.714. The van der Waals surface area contributed by atoms with Crippen LogP contribution in [0.1, 0.15) is 34.8 Å². The zero-order valence-corrected chi connectivity index (χ0v) is 12.7. The van der Waals surface area contributed by atoms with E-state index >= 15 is 0 Å². The maximum atomic E-state index is 12.3. The second-order valence-corrected chi connectivity index (χ2v) is 6.66. The molecule has 1 spiro atoms. The molecule has 2 aliphatic rings. The zero-order valence-electron chi connectivity index (χ0n) is 11.9. The van der Waals surface area contributed by atoms with Gasteiger partial charge in [-0.15, -0.1) is 11.3 Å². The highest BCUT2D eigenvalue weighted by atomic mass is 32.1. The number of thiazole rings is 1. The third-order valence-corrected chi connectivity index (χ3v) is 5.08. The van der Waals surface area contributed by atoms with Crippen LogP contribution in [-0.2, 0) is 9.47 Å². The van der Waals surface area contributed by atoms with E-state index in [0.717, 1.165) is 37.4 Å². The Morgan fingerprint density at radius 1 is 1.55 bits per heavy atom. The van der Waals surface area contributed by atoms with E-state index in [1.54, 1.807) is 7.11 Å². The summed E-state index contributed by atoms with van der Waals surface area (Å²) < 4.78 is 11.3. The summed E-state index contributed by atoms with van der Waals surface area (Å²) in [7, 11) is 1.73. The Bertz CT molecular complexity index is 494. The SMILES string of the molecule is COC1COC2(CCN(C(=O)c3csc(C)n3)CC2)C1. The van der Waals surface area contributed by atoms with Gasteiger partial charge in [-0.3, -0.25) is 4.79 Å². The maximum absolute atomic E-state index is 12.3. The van der Waals surface area contributed by atoms with Gasteiger partial charge in [-0.2, -0.15) is 0 Å². The fourth-order valence-corrected chi connectivity index (χ4v) is 3.63. The van der Waals surface area contributed by atoms with Crippen molar-refractivity contribution in [1.82, 2.24) is 9.88 Å². The molecule has 2 aliphatic heterocycles. The Morgan fingerprint density at radius 2 is 2.30 bits per heavy atom. The van der Waals surface area contributed by atoms with Gasteiger partial charge in [0.05, 0.1) is 23.3 Å². The number of piperidine rings is 1. The Labute approximate surface area is 122 Å². The lowest BCUT2D eigenvalue weighted by Gasteiger charge is -2.38. The Kier molecular flexibility index (Phi) is 3.79. The number of carbonyl (C=O) groups excluding carboxylic acids is 1. The molecule has 3 heterocycles. The topological polar surface area (TPSA) is 51.7 Å². The average molecular weight is 296 g/mol. The molecular weight excluding hydrogens is 276 g/mol. The first-order valence-corrected chi connectivity index (χ1v) is 7.88. The third kappa shape index (κ3) is 2.60. The van der Waals surface area contributed by atoms with E-state index in [0.29, 0.717) is 12.3 Å². The minimum atomic E-state index is -0.0740. The molecule has 3 rings (SSSR count). The summed E-state index contributed by atoms with van der Waals surface area (Å²) in [6.45, 7) is 4.08. The molecule has 2 saturated heterocycles. The smallest absolute Gasteiger partial charge is 0.273 e. The number of amides is 1. The second-order valence-electron chi connectivity index (χ2n) is 5.60. The number of ether oxygens (including phenoxy) is 2. The van der Waals surface area contributed by atoms with Gasteiger partial charge in [0.1, 0.15) is 5.69 Å². The maximum Gasteiger partial charge on any atom is 0.273 e. The van der Waals surface area contributed by atoms with E-state index in [2.05, 4.69) is 4.98 Å². The largest absolute Gasteiger partial charge is 0.379 e. The first kappa shape index (κ1) is 14.0. The van der Waals surface area contributed by atoms with Crippen LogP contribution in [0.25, 0.3) is 0 Å². The molecule has 0 N–H and O–H groups in total. The van der Waals surface area contributed by atoms with E-state index in [1.165, 1.54) is 11.3 Å². The lowest BCUT2D eigenvalue weighted by molar-refractivity contribution is -0.0402. The van der Waals surface area contributed by atoms with E-state index in [1.807, 2.05) is 17.2 Å². The summed E-state index contributed by atoms with van der Waals surface area (Å²) in [5.41, 5.74) is 0.501. The molecule has 5 nitrogen and oxygen atoms in total. The zero-order chi connectivity index (χ0) is 14.2. The van der Waals surface area contributed by atoms with Crippen molar-refractivity contribution in [2.45, 2.75) is 37.9 Å². The molecule has 1 amide bonds. The van der Waals surface area contributed by atoms with Crippen molar-refractivity contribution in [1.29, 1.82) is 0 Å². The minimum Gasteiger partial charge on any atom is -0.379 e. The monoisotopic (exact) mass is 296 g/mol. The van der Waals surface area contributed by atoms with Gasteiger partial charge in [0, 0.05) is 32.0 Å². The molecule has 20 heavy (non-hydrogen) atoms. The third-order valence-electron chi connectivity index (χ3n) is 4.31. The predicted octanol–water partition coefficient (Wildman–Crippen LogP) is 1.86. The molecule has 0 aliphatic carbocycles. The van der Waals surface area contributed by atoms with Crippen LogP contribution in [0.4, 0.5) is 0 Å². The summed E-state index contributed by atoms with van der Waals surface area (Å²) >= 11 is 1.52. The van der Waals surface area contributed by atoms with Gasteiger partial charge in [0.25, 0.3) is 5.91 Å². The van der Waals surface area contributed by atoms with Crippen molar-refractivity contribution in [2.75, 3.05) is 26.8 Å². The van der Waals surface area contributed by atoms with Gasteiger partial charge in [-0.25, -0.2) is 4.98 Å². The summed E-state index contributed by atoms with van der Waals surface area (Å²) in [5.74, 6) is 0.0467. The van der Waals surface area contributed by atoms with Crippen molar-refractivity contribution in [3.63, 3.8) is 0 Å². The van der Waals surface area contributed by atoms with Crippen LogP contribution in [0.3, 0.4) is 0 Å². The quantitative estimate of drug-likeness (QED) is 0.836. The molecule has 0 radical (unpaired) electrons. The molecule has 0 bridgehead atoms. The van der Waals surface area contributed by atoms with Gasteiger partial charge in [-0.05, 0) is 19.8 Å². The number of carbonyl (C=O) groups is 1. The highest BCUT2D eigenvalue weighted by Crippen LogP contribution is 2.37.